The molecule has 24 heavy (non-hydrogen) atoms. The number of benzene rings is 2. The Kier molecular flexibility index (Phi) is 5.16. The fourth-order valence-electron chi connectivity index (χ4n) is 2.20. The van der Waals surface area contributed by atoms with Gasteiger partial charge in [0, 0.05) is 19.8 Å². The Morgan fingerprint density at radius 1 is 1.08 bits per heavy atom. The lowest BCUT2D eigenvalue weighted by atomic mass is 10.2. The van der Waals surface area contributed by atoms with Crippen LogP contribution in [0.25, 0.3) is 10.9 Å². The summed E-state index contributed by atoms with van der Waals surface area (Å²) in [5.74, 6) is -0.907. The molecule has 7 heteroatoms. The summed E-state index contributed by atoms with van der Waals surface area (Å²) < 4.78 is 1.41. The van der Waals surface area contributed by atoms with Crippen LogP contribution in [-0.2, 0) is 7.05 Å². The summed E-state index contributed by atoms with van der Waals surface area (Å²) >= 11 is 0. The van der Waals surface area contributed by atoms with E-state index in [-0.39, 0.29) is 11.2 Å². The number of rotatable bonds is 2. The van der Waals surface area contributed by atoms with E-state index < -0.39 is 5.97 Å². The summed E-state index contributed by atoms with van der Waals surface area (Å²) in [5.41, 5.74) is 0.869. The molecule has 0 atom stereocenters. The molecule has 0 aliphatic rings. The van der Waals surface area contributed by atoms with Crippen molar-refractivity contribution in [1.82, 2.24) is 9.55 Å². The van der Waals surface area contributed by atoms with Crippen molar-refractivity contribution in [2.75, 3.05) is 12.4 Å². The molecule has 0 fully saturated rings. The lowest BCUT2D eigenvalue weighted by Crippen LogP contribution is -2.28. The second-order valence-corrected chi connectivity index (χ2v) is 4.94. The average molecular weight is 327 g/mol. The normalized spacial score (nSPS) is 9.92. The molecule has 124 valence electrons. The zero-order valence-electron chi connectivity index (χ0n) is 13.2. The van der Waals surface area contributed by atoms with Gasteiger partial charge >= 0.3 is 11.7 Å². The van der Waals surface area contributed by atoms with Crippen LogP contribution in [0.15, 0.2) is 58.1 Å². The first-order valence-electron chi connectivity index (χ1n) is 7.14. The summed E-state index contributed by atoms with van der Waals surface area (Å²) in [7, 11) is 3.32. The molecule has 0 bridgehead atoms. The summed E-state index contributed by atoms with van der Waals surface area (Å²) in [6, 6.07) is 13.8. The van der Waals surface area contributed by atoms with Crippen LogP contribution in [0.4, 0.5) is 5.69 Å². The largest absolute Gasteiger partial charge is 0.478 e. The first kappa shape index (κ1) is 17.0. The molecule has 0 aliphatic carbocycles. The molecule has 0 amide bonds. The summed E-state index contributed by atoms with van der Waals surface area (Å²) in [6.07, 6.45) is 0. The lowest BCUT2D eigenvalue weighted by molar-refractivity contribution is 0.0698. The van der Waals surface area contributed by atoms with Gasteiger partial charge in [-0.05, 0) is 24.3 Å². The van der Waals surface area contributed by atoms with Crippen molar-refractivity contribution in [3.63, 3.8) is 0 Å². The topological polar surface area (TPSA) is 104 Å². The van der Waals surface area contributed by atoms with Crippen LogP contribution >= 0.6 is 0 Å². The van der Waals surface area contributed by atoms with Gasteiger partial charge in [-0.3, -0.25) is 14.3 Å². The molecule has 0 radical (unpaired) electrons. The Labute approximate surface area is 137 Å². The number of fused-ring (bicyclic) bond motifs is 1. The third kappa shape index (κ3) is 3.52. The number of anilines is 1. The highest BCUT2D eigenvalue weighted by Gasteiger charge is 2.05. The van der Waals surface area contributed by atoms with Crippen molar-refractivity contribution in [2.24, 2.45) is 7.05 Å². The smallest absolute Gasteiger partial charge is 0.337 e. The number of aryl methyl sites for hydroxylation is 1. The lowest BCUT2D eigenvalue weighted by Gasteiger charge is -2.02. The molecular weight excluding hydrogens is 310 g/mol. The van der Waals surface area contributed by atoms with E-state index in [1.165, 1.54) is 4.57 Å². The highest BCUT2D eigenvalue weighted by atomic mass is 16.4. The third-order valence-electron chi connectivity index (χ3n) is 3.46. The van der Waals surface area contributed by atoms with Crippen LogP contribution in [0.2, 0.25) is 0 Å². The SMILES string of the molecule is CNc1ccccc1C(=O)O.Cn1c(=O)[nH]c(=O)c2ccccc21. The number of carboxylic acid groups (broad SMARTS) is 1. The first-order valence-corrected chi connectivity index (χ1v) is 7.14. The van der Waals surface area contributed by atoms with Gasteiger partial charge in [0.1, 0.15) is 0 Å². The minimum absolute atomic E-state index is 0.301. The Morgan fingerprint density at radius 3 is 2.33 bits per heavy atom. The van der Waals surface area contributed by atoms with Gasteiger partial charge in [-0.1, -0.05) is 24.3 Å². The molecule has 0 aliphatic heterocycles. The van der Waals surface area contributed by atoms with Crippen molar-refractivity contribution in [1.29, 1.82) is 0 Å². The maximum atomic E-state index is 11.3. The van der Waals surface area contributed by atoms with E-state index in [9.17, 15) is 14.4 Å². The van der Waals surface area contributed by atoms with E-state index in [0.29, 0.717) is 22.2 Å². The number of hydrogen-bond acceptors (Lipinski definition) is 4. The predicted octanol–water partition coefficient (Wildman–Crippen LogP) is 1.65. The predicted molar refractivity (Wildman–Crippen MR) is 92.8 cm³/mol. The van der Waals surface area contributed by atoms with Gasteiger partial charge in [0.25, 0.3) is 5.56 Å². The molecule has 0 saturated carbocycles. The first-order chi connectivity index (χ1) is 11.5. The second-order valence-electron chi connectivity index (χ2n) is 4.94. The number of aromatic nitrogens is 2. The molecule has 3 aromatic rings. The van der Waals surface area contributed by atoms with E-state index in [1.807, 2.05) is 0 Å². The quantitative estimate of drug-likeness (QED) is 0.664. The standard InChI is InChI=1S/C9H8N2O2.C8H9NO2/c1-11-7-5-3-2-4-6(7)8(12)10-9(11)13;1-9-7-5-3-2-4-6(7)8(10)11/h2-5H,1H3,(H,10,12,13);2-5,9H,1H3,(H,10,11). The van der Waals surface area contributed by atoms with Crippen LogP contribution in [0.1, 0.15) is 10.4 Å². The van der Waals surface area contributed by atoms with Gasteiger partial charge in [-0.25, -0.2) is 9.59 Å². The van der Waals surface area contributed by atoms with Gasteiger partial charge in [-0.15, -0.1) is 0 Å². The molecule has 3 N–H and O–H groups in total. The Hall–Kier alpha value is -3.35. The number of carboxylic acids is 1. The van der Waals surface area contributed by atoms with Crippen molar-refractivity contribution >= 4 is 22.6 Å². The number of aromatic amines is 1. The molecule has 0 spiro atoms. The number of H-pyrrole nitrogens is 1. The van der Waals surface area contributed by atoms with Crippen molar-refractivity contribution in [3.8, 4) is 0 Å². The number of aromatic carboxylic acids is 1. The monoisotopic (exact) mass is 327 g/mol. The van der Waals surface area contributed by atoms with E-state index in [1.54, 1.807) is 62.6 Å². The Bertz CT molecular complexity index is 989. The number of nitrogens with one attached hydrogen (secondary N) is 2. The van der Waals surface area contributed by atoms with E-state index in [0.717, 1.165) is 0 Å². The Balaban J connectivity index is 0.000000177. The molecule has 3 rings (SSSR count). The minimum Gasteiger partial charge on any atom is -0.478 e. The zero-order chi connectivity index (χ0) is 17.7. The molecule has 1 aromatic heterocycles. The zero-order valence-corrected chi connectivity index (χ0v) is 13.2. The molecular formula is C17H17N3O4. The van der Waals surface area contributed by atoms with Crippen LogP contribution in [-0.4, -0.2) is 27.7 Å². The molecule has 7 nitrogen and oxygen atoms in total. The average Bonchev–Trinajstić information content (AvgIpc) is 2.60. The van der Waals surface area contributed by atoms with Gasteiger partial charge in [0.15, 0.2) is 0 Å². The van der Waals surface area contributed by atoms with E-state index >= 15 is 0 Å². The number of nitrogens with zero attached hydrogens (tertiary/aromatic N) is 1. The Morgan fingerprint density at radius 2 is 1.71 bits per heavy atom. The molecule has 2 aromatic carbocycles. The van der Waals surface area contributed by atoms with E-state index in [4.69, 9.17) is 5.11 Å². The summed E-state index contributed by atoms with van der Waals surface area (Å²) in [4.78, 5) is 35.2. The number of hydrogen-bond donors (Lipinski definition) is 3. The van der Waals surface area contributed by atoms with Gasteiger partial charge in [0.2, 0.25) is 0 Å². The fourth-order valence-corrected chi connectivity index (χ4v) is 2.20. The third-order valence-corrected chi connectivity index (χ3v) is 3.46. The van der Waals surface area contributed by atoms with Crippen molar-refractivity contribution < 1.29 is 9.90 Å². The van der Waals surface area contributed by atoms with Gasteiger partial charge in [-0.2, -0.15) is 0 Å². The van der Waals surface area contributed by atoms with Crippen molar-refractivity contribution in [3.05, 3.63) is 74.9 Å². The van der Waals surface area contributed by atoms with E-state index in [2.05, 4.69) is 10.3 Å². The fraction of sp³-hybridized carbons (Fsp3) is 0.118. The molecule has 1 heterocycles. The highest BCUT2D eigenvalue weighted by Crippen LogP contribution is 2.13. The summed E-state index contributed by atoms with van der Waals surface area (Å²) in [6.45, 7) is 0. The number of para-hydroxylation sites is 2. The summed E-state index contributed by atoms with van der Waals surface area (Å²) in [5, 5.41) is 12.0. The second kappa shape index (κ2) is 7.28. The van der Waals surface area contributed by atoms with Gasteiger partial charge in [0.05, 0.1) is 16.5 Å². The van der Waals surface area contributed by atoms with Crippen LogP contribution in [0.5, 0.6) is 0 Å². The van der Waals surface area contributed by atoms with Crippen LogP contribution in [0, 0.1) is 0 Å². The minimum atomic E-state index is -0.907. The van der Waals surface area contributed by atoms with Crippen molar-refractivity contribution in [2.45, 2.75) is 0 Å². The maximum Gasteiger partial charge on any atom is 0.337 e. The molecule has 0 saturated heterocycles. The molecule has 0 unspecified atom stereocenters. The highest BCUT2D eigenvalue weighted by molar-refractivity contribution is 5.94. The maximum absolute atomic E-state index is 11.3. The number of carbonyl (C=O) groups is 1. The van der Waals surface area contributed by atoms with Crippen LogP contribution in [0.3, 0.4) is 0 Å². The van der Waals surface area contributed by atoms with Gasteiger partial charge < -0.3 is 10.4 Å². The van der Waals surface area contributed by atoms with Crippen LogP contribution < -0.4 is 16.6 Å².